The molecule has 1 unspecified atom stereocenters. The van der Waals surface area contributed by atoms with E-state index in [4.69, 9.17) is 4.74 Å². The maximum absolute atomic E-state index is 13.2. The smallest absolute Gasteiger partial charge is 0.260 e. The van der Waals surface area contributed by atoms with Crippen LogP contribution in [0.1, 0.15) is 27.9 Å². The van der Waals surface area contributed by atoms with Crippen LogP contribution in [0.3, 0.4) is 0 Å². The minimum absolute atomic E-state index is 0.150. The fraction of sp³-hybridized carbons (Fsp3) is 0.353. The van der Waals surface area contributed by atoms with Gasteiger partial charge in [0.05, 0.1) is 19.4 Å². The number of rotatable bonds is 3. The first-order valence-electron chi connectivity index (χ1n) is 8.38. The van der Waals surface area contributed by atoms with E-state index in [0.717, 1.165) is 5.69 Å². The number of hydrogen-bond acceptors (Lipinski definition) is 7. The third kappa shape index (κ3) is 2.86. The monoisotopic (exact) mass is 353 g/mol. The molecule has 1 N–H and O–H groups in total. The molecule has 0 aromatic carbocycles. The average Bonchev–Trinajstić information content (AvgIpc) is 3.11. The Morgan fingerprint density at radius 1 is 1.38 bits per heavy atom. The van der Waals surface area contributed by atoms with Crippen LogP contribution in [0.4, 0.5) is 5.82 Å². The molecule has 1 atom stereocenters. The van der Waals surface area contributed by atoms with E-state index in [9.17, 15) is 4.79 Å². The van der Waals surface area contributed by atoms with Gasteiger partial charge in [0.15, 0.2) is 11.5 Å². The number of carbonyl (C=O) groups excluding carboxylic acids is 1. The highest BCUT2D eigenvalue weighted by Gasteiger charge is 2.33. The van der Waals surface area contributed by atoms with Crippen molar-refractivity contribution in [3.8, 4) is 0 Å². The second-order valence-electron chi connectivity index (χ2n) is 6.04. The normalized spacial score (nSPS) is 17.5. The first kappa shape index (κ1) is 16.4. The maximum atomic E-state index is 13.2. The Morgan fingerprint density at radius 3 is 3.12 bits per heavy atom. The second-order valence-corrected chi connectivity index (χ2v) is 6.04. The minimum Gasteiger partial charge on any atom is -0.377 e. The molecule has 3 aromatic rings. The molecule has 0 radical (unpaired) electrons. The number of ether oxygens (including phenoxy) is 1. The van der Waals surface area contributed by atoms with Gasteiger partial charge in [-0.15, -0.1) is 0 Å². The van der Waals surface area contributed by atoms with Crippen molar-refractivity contribution in [2.75, 3.05) is 32.1 Å². The van der Waals surface area contributed by atoms with E-state index in [-0.39, 0.29) is 11.9 Å². The Bertz CT molecular complexity index is 955. The largest absolute Gasteiger partial charge is 0.377 e. The Kier molecular flexibility index (Phi) is 4.21. The van der Waals surface area contributed by atoms with Gasteiger partial charge in [0.1, 0.15) is 17.4 Å². The number of nitrogens with one attached hydrogen (secondary N) is 1. The SMILES string of the molecule is CNc1cc(C)nc(C2COCCN2C(=O)c2cnn3cccnc23)n1. The van der Waals surface area contributed by atoms with Crippen molar-refractivity contribution in [2.45, 2.75) is 13.0 Å². The fourth-order valence-corrected chi connectivity index (χ4v) is 3.06. The Balaban J connectivity index is 1.71. The van der Waals surface area contributed by atoms with Crippen molar-refractivity contribution in [2.24, 2.45) is 0 Å². The highest BCUT2D eigenvalue weighted by molar-refractivity contribution is 5.99. The number of carbonyl (C=O) groups is 1. The molecule has 1 saturated heterocycles. The molecule has 4 heterocycles. The van der Waals surface area contributed by atoms with Gasteiger partial charge in [0.2, 0.25) is 0 Å². The van der Waals surface area contributed by atoms with Crippen LogP contribution in [0.5, 0.6) is 0 Å². The summed E-state index contributed by atoms with van der Waals surface area (Å²) in [5.41, 5.74) is 1.82. The van der Waals surface area contributed by atoms with E-state index in [1.165, 1.54) is 0 Å². The van der Waals surface area contributed by atoms with Gasteiger partial charge in [0.25, 0.3) is 5.91 Å². The average molecular weight is 353 g/mol. The molecule has 0 bridgehead atoms. The predicted molar refractivity (Wildman–Crippen MR) is 93.9 cm³/mol. The summed E-state index contributed by atoms with van der Waals surface area (Å²) in [7, 11) is 1.80. The third-order valence-electron chi connectivity index (χ3n) is 4.32. The second kappa shape index (κ2) is 6.68. The van der Waals surface area contributed by atoms with Crippen molar-refractivity contribution >= 4 is 17.4 Å². The van der Waals surface area contributed by atoms with Gasteiger partial charge < -0.3 is 15.0 Å². The molecule has 1 fully saturated rings. The number of aryl methyl sites for hydroxylation is 1. The highest BCUT2D eigenvalue weighted by Crippen LogP contribution is 2.25. The fourth-order valence-electron chi connectivity index (χ4n) is 3.06. The summed E-state index contributed by atoms with van der Waals surface area (Å²) in [5.74, 6) is 1.12. The predicted octanol–water partition coefficient (Wildman–Crippen LogP) is 1.08. The van der Waals surface area contributed by atoms with Crippen molar-refractivity contribution in [1.29, 1.82) is 0 Å². The molecular formula is C17H19N7O2. The molecule has 3 aromatic heterocycles. The number of aromatic nitrogens is 5. The number of nitrogens with zero attached hydrogens (tertiary/aromatic N) is 6. The van der Waals surface area contributed by atoms with E-state index in [1.807, 2.05) is 13.0 Å². The first-order chi connectivity index (χ1) is 12.7. The lowest BCUT2D eigenvalue weighted by Crippen LogP contribution is -2.44. The van der Waals surface area contributed by atoms with Gasteiger partial charge in [-0.1, -0.05) is 0 Å². The summed E-state index contributed by atoms with van der Waals surface area (Å²) in [6.45, 7) is 3.18. The van der Waals surface area contributed by atoms with Crippen molar-refractivity contribution < 1.29 is 9.53 Å². The number of morpholine rings is 1. The third-order valence-corrected chi connectivity index (χ3v) is 4.32. The zero-order chi connectivity index (χ0) is 18.1. The van der Waals surface area contributed by atoms with Gasteiger partial charge in [-0.05, 0) is 13.0 Å². The van der Waals surface area contributed by atoms with E-state index < -0.39 is 0 Å². The lowest BCUT2D eigenvalue weighted by Gasteiger charge is -2.34. The number of hydrogen-bond donors (Lipinski definition) is 1. The summed E-state index contributed by atoms with van der Waals surface area (Å²) >= 11 is 0. The molecule has 9 heteroatoms. The van der Waals surface area contributed by atoms with Crippen LogP contribution in [-0.2, 0) is 4.74 Å². The van der Waals surface area contributed by atoms with Crippen LogP contribution in [0.2, 0.25) is 0 Å². The molecule has 26 heavy (non-hydrogen) atoms. The van der Waals surface area contributed by atoms with Gasteiger partial charge in [-0.3, -0.25) is 4.79 Å². The summed E-state index contributed by atoms with van der Waals surface area (Å²) in [6.07, 6.45) is 4.96. The van der Waals surface area contributed by atoms with Crippen LogP contribution in [0.25, 0.3) is 5.65 Å². The van der Waals surface area contributed by atoms with Crippen LogP contribution in [0.15, 0.2) is 30.7 Å². The Labute approximate surface area is 150 Å². The van der Waals surface area contributed by atoms with E-state index in [2.05, 4.69) is 25.4 Å². The molecule has 9 nitrogen and oxygen atoms in total. The Hall–Kier alpha value is -3.07. The van der Waals surface area contributed by atoms with Crippen molar-refractivity contribution in [1.82, 2.24) is 29.5 Å². The highest BCUT2D eigenvalue weighted by atomic mass is 16.5. The molecule has 134 valence electrons. The Morgan fingerprint density at radius 2 is 2.27 bits per heavy atom. The molecule has 0 aliphatic carbocycles. The summed E-state index contributed by atoms with van der Waals surface area (Å²) in [4.78, 5) is 28.3. The van der Waals surface area contributed by atoms with Gasteiger partial charge in [-0.25, -0.2) is 19.5 Å². The number of anilines is 1. The molecule has 0 spiro atoms. The van der Waals surface area contributed by atoms with Gasteiger partial charge in [0, 0.05) is 37.7 Å². The van der Waals surface area contributed by atoms with Crippen LogP contribution in [-0.4, -0.2) is 62.2 Å². The maximum Gasteiger partial charge on any atom is 0.260 e. The van der Waals surface area contributed by atoms with Gasteiger partial charge in [-0.2, -0.15) is 5.10 Å². The zero-order valence-electron chi connectivity index (χ0n) is 14.6. The van der Waals surface area contributed by atoms with E-state index in [1.54, 1.807) is 41.1 Å². The van der Waals surface area contributed by atoms with E-state index >= 15 is 0 Å². The van der Waals surface area contributed by atoms with Crippen molar-refractivity contribution in [3.63, 3.8) is 0 Å². The van der Waals surface area contributed by atoms with Crippen molar-refractivity contribution in [3.05, 3.63) is 47.8 Å². The van der Waals surface area contributed by atoms with E-state index in [0.29, 0.717) is 42.6 Å². The molecule has 1 aliphatic heterocycles. The lowest BCUT2D eigenvalue weighted by molar-refractivity contribution is -0.00514. The first-order valence-corrected chi connectivity index (χ1v) is 8.38. The number of amides is 1. The lowest BCUT2D eigenvalue weighted by atomic mass is 10.1. The van der Waals surface area contributed by atoms with Gasteiger partial charge >= 0.3 is 0 Å². The quantitative estimate of drug-likeness (QED) is 0.752. The van der Waals surface area contributed by atoms with Crippen LogP contribution >= 0.6 is 0 Å². The molecular weight excluding hydrogens is 334 g/mol. The standard InChI is InChI=1S/C17H19N7O2/c1-11-8-14(18-2)22-15(21-11)13-10-26-7-6-23(13)17(25)12-9-20-24-5-3-4-19-16(12)24/h3-5,8-9,13H,6-7,10H2,1-2H3,(H,18,21,22). The molecule has 1 amide bonds. The molecule has 0 saturated carbocycles. The molecule has 4 rings (SSSR count). The topological polar surface area (TPSA) is 97.5 Å². The summed E-state index contributed by atoms with van der Waals surface area (Å²) in [6, 6.07) is 3.27. The summed E-state index contributed by atoms with van der Waals surface area (Å²) < 4.78 is 7.19. The van der Waals surface area contributed by atoms with Crippen LogP contribution < -0.4 is 5.32 Å². The minimum atomic E-state index is -0.359. The zero-order valence-corrected chi connectivity index (χ0v) is 14.6. The summed E-state index contributed by atoms with van der Waals surface area (Å²) in [5, 5.41) is 7.23. The number of fused-ring (bicyclic) bond motifs is 1. The molecule has 1 aliphatic rings. The van der Waals surface area contributed by atoms with Crippen LogP contribution in [0, 0.1) is 6.92 Å².